The molecule has 0 bridgehead atoms. The minimum absolute atomic E-state index is 0.259. The zero-order chi connectivity index (χ0) is 15.1. The van der Waals surface area contributed by atoms with Crippen LogP contribution in [0.15, 0.2) is 48.5 Å². The van der Waals surface area contributed by atoms with Gasteiger partial charge in [-0.25, -0.2) is 4.79 Å². The first-order valence-corrected chi connectivity index (χ1v) is 6.02. The van der Waals surface area contributed by atoms with Gasteiger partial charge in [-0.1, -0.05) is 0 Å². The number of nitrogens with two attached hydrogens (primary N) is 2. The van der Waals surface area contributed by atoms with Crippen LogP contribution in [0.2, 0.25) is 0 Å². The number of aromatic carboxylic acids is 1. The molecule has 0 aromatic heterocycles. The summed E-state index contributed by atoms with van der Waals surface area (Å²) in [5.41, 5.74) is 13.7. The van der Waals surface area contributed by atoms with E-state index >= 15 is 0 Å². The van der Waals surface area contributed by atoms with Crippen LogP contribution in [0.3, 0.4) is 0 Å². The third-order valence-corrected chi connectivity index (χ3v) is 2.57. The van der Waals surface area contributed by atoms with Crippen molar-refractivity contribution in [2.75, 3.05) is 30.5 Å². The summed E-state index contributed by atoms with van der Waals surface area (Å²) < 4.78 is 0. The number of carboxylic acids is 1. The van der Waals surface area contributed by atoms with Crippen LogP contribution in [0.1, 0.15) is 10.4 Å². The number of nitrogens with zero attached hydrogens (tertiary/aromatic N) is 1. The molecule has 0 saturated carbocycles. The minimum Gasteiger partial charge on any atom is -0.478 e. The van der Waals surface area contributed by atoms with Gasteiger partial charge in [-0.05, 0) is 48.5 Å². The largest absolute Gasteiger partial charge is 0.478 e. The Morgan fingerprint density at radius 3 is 1.65 bits per heavy atom. The zero-order valence-corrected chi connectivity index (χ0v) is 11.6. The van der Waals surface area contributed by atoms with Crippen molar-refractivity contribution in [3.63, 3.8) is 0 Å². The molecule has 5 N–H and O–H groups in total. The second kappa shape index (κ2) is 7.04. The van der Waals surface area contributed by atoms with E-state index in [4.69, 9.17) is 16.6 Å². The predicted octanol–water partition coefficient (Wildman–Crippen LogP) is 2.30. The summed E-state index contributed by atoms with van der Waals surface area (Å²) in [4.78, 5) is 12.3. The van der Waals surface area contributed by atoms with Crippen molar-refractivity contribution in [2.24, 2.45) is 0 Å². The lowest BCUT2D eigenvalue weighted by atomic mass is 10.2. The van der Waals surface area contributed by atoms with E-state index in [1.807, 2.05) is 43.3 Å². The number of rotatable bonds is 2. The van der Waals surface area contributed by atoms with E-state index in [9.17, 15) is 4.79 Å². The minimum atomic E-state index is -0.931. The third kappa shape index (κ3) is 4.89. The monoisotopic (exact) mass is 273 g/mol. The highest BCUT2D eigenvalue weighted by molar-refractivity contribution is 5.87. The van der Waals surface area contributed by atoms with Gasteiger partial charge in [-0.2, -0.15) is 0 Å². The molecule has 0 amide bonds. The van der Waals surface area contributed by atoms with Gasteiger partial charge < -0.3 is 21.5 Å². The van der Waals surface area contributed by atoms with E-state index in [-0.39, 0.29) is 5.56 Å². The second-order valence-electron chi connectivity index (χ2n) is 4.41. The van der Waals surface area contributed by atoms with Gasteiger partial charge in [-0.15, -0.1) is 0 Å². The Labute approximate surface area is 118 Å². The van der Waals surface area contributed by atoms with Crippen molar-refractivity contribution in [3.8, 4) is 0 Å². The zero-order valence-electron chi connectivity index (χ0n) is 11.6. The van der Waals surface area contributed by atoms with Crippen molar-refractivity contribution < 1.29 is 9.90 Å². The summed E-state index contributed by atoms with van der Waals surface area (Å²) in [5, 5.41) is 8.43. The number of nitrogen functional groups attached to an aromatic ring is 2. The van der Waals surface area contributed by atoms with E-state index in [2.05, 4.69) is 0 Å². The first-order chi connectivity index (χ1) is 9.40. The van der Waals surface area contributed by atoms with Crippen LogP contribution in [0.4, 0.5) is 17.1 Å². The van der Waals surface area contributed by atoms with Gasteiger partial charge in [0.05, 0.1) is 5.56 Å². The summed E-state index contributed by atoms with van der Waals surface area (Å²) in [6.45, 7) is 0. The van der Waals surface area contributed by atoms with Crippen LogP contribution < -0.4 is 16.4 Å². The van der Waals surface area contributed by atoms with Gasteiger partial charge in [0.15, 0.2) is 0 Å². The van der Waals surface area contributed by atoms with Crippen molar-refractivity contribution in [3.05, 3.63) is 54.1 Å². The number of carbonyl (C=O) groups is 1. The molecule has 0 unspecified atom stereocenters. The van der Waals surface area contributed by atoms with Gasteiger partial charge in [0.25, 0.3) is 0 Å². The molecule has 0 saturated heterocycles. The highest BCUT2D eigenvalue weighted by Gasteiger charge is 1.98. The van der Waals surface area contributed by atoms with Crippen molar-refractivity contribution in [1.29, 1.82) is 0 Å². The smallest absolute Gasteiger partial charge is 0.335 e. The fraction of sp³-hybridized carbons (Fsp3) is 0.133. The van der Waals surface area contributed by atoms with Crippen LogP contribution in [-0.2, 0) is 0 Å². The molecule has 5 heteroatoms. The number of benzene rings is 2. The van der Waals surface area contributed by atoms with Crippen LogP contribution in [0.25, 0.3) is 0 Å². The maximum atomic E-state index is 10.3. The van der Waals surface area contributed by atoms with Gasteiger partial charge in [-0.3, -0.25) is 0 Å². The van der Waals surface area contributed by atoms with Gasteiger partial charge in [0, 0.05) is 31.2 Å². The molecule has 2 aromatic carbocycles. The molecule has 2 aromatic rings. The van der Waals surface area contributed by atoms with E-state index in [1.54, 1.807) is 12.1 Å². The van der Waals surface area contributed by atoms with Crippen LogP contribution in [0.5, 0.6) is 0 Å². The maximum absolute atomic E-state index is 10.3. The van der Waals surface area contributed by atoms with Crippen molar-refractivity contribution in [2.45, 2.75) is 0 Å². The Morgan fingerprint density at radius 2 is 1.30 bits per heavy atom. The SMILES string of the molecule is CN(C)c1ccc(N)cc1.Nc1ccc(C(=O)O)cc1. The summed E-state index contributed by atoms with van der Waals surface area (Å²) >= 11 is 0. The summed E-state index contributed by atoms with van der Waals surface area (Å²) in [5.74, 6) is -0.931. The molecule has 0 aliphatic heterocycles. The first kappa shape index (κ1) is 15.4. The summed E-state index contributed by atoms with van der Waals surface area (Å²) in [6, 6.07) is 13.8. The fourth-order valence-electron chi connectivity index (χ4n) is 1.40. The molecule has 0 aliphatic carbocycles. The average molecular weight is 273 g/mol. The van der Waals surface area contributed by atoms with Gasteiger partial charge in [0.2, 0.25) is 0 Å². The van der Waals surface area contributed by atoms with E-state index in [0.29, 0.717) is 5.69 Å². The number of hydrogen-bond acceptors (Lipinski definition) is 4. The van der Waals surface area contributed by atoms with E-state index < -0.39 is 5.97 Å². The molecule has 0 radical (unpaired) electrons. The Balaban J connectivity index is 0.000000200. The fourth-order valence-corrected chi connectivity index (χ4v) is 1.40. The molecule has 0 atom stereocenters. The Morgan fingerprint density at radius 1 is 0.900 bits per heavy atom. The maximum Gasteiger partial charge on any atom is 0.335 e. The van der Waals surface area contributed by atoms with Gasteiger partial charge in [0.1, 0.15) is 0 Å². The Hall–Kier alpha value is -2.69. The molecule has 0 fully saturated rings. The lowest BCUT2D eigenvalue weighted by Crippen LogP contribution is -2.08. The lowest BCUT2D eigenvalue weighted by molar-refractivity contribution is 0.0697. The molecular formula is C15H19N3O2. The molecule has 20 heavy (non-hydrogen) atoms. The Bertz CT molecular complexity index is 548. The van der Waals surface area contributed by atoms with E-state index in [0.717, 1.165) is 5.69 Å². The van der Waals surface area contributed by atoms with Crippen molar-refractivity contribution >= 4 is 23.0 Å². The second-order valence-corrected chi connectivity index (χ2v) is 4.41. The molecular weight excluding hydrogens is 254 g/mol. The molecule has 0 aliphatic rings. The number of hydrogen-bond donors (Lipinski definition) is 3. The van der Waals surface area contributed by atoms with Crippen LogP contribution >= 0.6 is 0 Å². The topological polar surface area (TPSA) is 92.6 Å². The highest BCUT2D eigenvalue weighted by atomic mass is 16.4. The normalized spacial score (nSPS) is 9.30. The van der Waals surface area contributed by atoms with Crippen LogP contribution in [-0.4, -0.2) is 25.2 Å². The summed E-state index contributed by atoms with van der Waals surface area (Å²) in [6.07, 6.45) is 0. The van der Waals surface area contributed by atoms with E-state index in [1.165, 1.54) is 17.8 Å². The molecule has 106 valence electrons. The highest BCUT2D eigenvalue weighted by Crippen LogP contribution is 2.12. The number of anilines is 3. The quantitative estimate of drug-likeness (QED) is 0.730. The average Bonchev–Trinajstić information content (AvgIpc) is 2.40. The van der Waals surface area contributed by atoms with Gasteiger partial charge >= 0.3 is 5.97 Å². The molecule has 0 spiro atoms. The molecule has 0 heterocycles. The Kier molecular flexibility index (Phi) is 5.41. The third-order valence-electron chi connectivity index (χ3n) is 2.57. The van der Waals surface area contributed by atoms with Crippen LogP contribution in [0, 0.1) is 0 Å². The predicted molar refractivity (Wildman–Crippen MR) is 83.0 cm³/mol. The molecule has 5 nitrogen and oxygen atoms in total. The number of carboxylic acid groups (broad SMARTS) is 1. The lowest BCUT2D eigenvalue weighted by Gasteiger charge is -2.11. The first-order valence-electron chi connectivity index (χ1n) is 6.02. The summed E-state index contributed by atoms with van der Waals surface area (Å²) in [7, 11) is 4.01. The molecule has 2 rings (SSSR count). The van der Waals surface area contributed by atoms with Crippen molar-refractivity contribution in [1.82, 2.24) is 0 Å². The standard InChI is InChI=1S/C8H12N2.C7H7NO2/c1-10(2)8-5-3-7(9)4-6-8;8-6-3-1-5(2-4-6)7(9)10/h3-6H,9H2,1-2H3;1-4H,8H2,(H,9,10).